The van der Waals surface area contributed by atoms with Crippen molar-refractivity contribution in [3.8, 4) is 11.5 Å². The average Bonchev–Trinajstić information content (AvgIpc) is 3.51. The molecule has 2 amide bonds. The molecule has 1 atom stereocenters. The first kappa shape index (κ1) is 34.9. The number of thiophene rings is 1. The van der Waals surface area contributed by atoms with Crippen LogP contribution < -0.4 is 14.8 Å². The molecule has 0 aliphatic carbocycles. The molecule has 12 heteroatoms. The van der Waals surface area contributed by atoms with E-state index in [9.17, 15) is 19.2 Å². The summed E-state index contributed by atoms with van der Waals surface area (Å²) in [5, 5.41) is 2.87. The van der Waals surface area contributed by atoms with E-state index in [2.05, 4.69) is 10.2 Å². The second-order valence-electron chi connectivity index (χ2n) is 14.0. The Bertz CT molecular complexity index is 1720. The van der Waals surface area contributed by atoms with Crippen LogP contribution in [0.3, 0.4) is 0 Å². The van der Waals surface area contributed by atoms with Crippen molar-refractivity contribution in [2.75, 3.05) is 26.1 Å². The fraction of sp³-hybridized carbons (Fsp3) is 0.444. The number of carbonyl (C=O) groups excluding carboxylic acids is 4. The zero-order chi connectivity index (χ0) is 35.0. The van der Waals surface area contributed by atoms with Crippen LogP contribution in [-0.2, 0) is 45.1 Å². The van der Waals surface area contributed by atoms with Crippen LogP contribution in [-0.4, -0.2) is 71.6 Å². The molecular weight excluding hydrogens is 634 g/mol. The summed E-state index contributed by atoms with van der Waals surface area (Å²) in [6.07, 6.45) is 0.399. The summed E-state index contributed by atoms with van der Waals surface area (Å²) in [5.41, 5.74) is 1.78. The SMILES string of the molecule is COc1ccc(CN2Cc3sc(NC(=O)C(=O)OC(C)(C)C)c(C(=O)OC(C)(C)C)c3CC2CN2Cc3cccc(OC)c3C2=O)cc1. The van der Waals surface area contributed by atoms with Crippen LogP contribution in [0.5, 0.6) is 11.5 Å². The van der Waals surface area contributed by atoms with Crippen molar-refractivity contribution in [3.05, 3.63) is 75.2 Å². The highest BCUT2D eigenvalue weighted by Crippen LogP contribution is 2.41. The van der Waals surface area contributed by atoms with Crippen LogP contribution in [0.2, 0.25) is 0 Å². The van der Waals surface area contributed by atoms with Gasteiger partial charge >= 0.3 is 17.8 Å². The van der Waals surface area contributed by atoms with Crippen molar-refractivity contribution in [2.24, 2.45) is 0 Å². The molecule has 0 fully saturated rings. The molecule has 1 N–H and O–H groups in total. The summed E-state index contributed by atoms with van der Waals surface area (Å²) in [7, 11) is 3.17. The highest BCUT2D eigenvalue weighted by Gasteiger charge is 2.39. The van der Waals surface area contributed by atoms with Crippen LogP contribution in [0.15, 0.2) is 42.5 Å². The molecule has 0 saturated carbocycles. The van der Waals surface area contributed by atoms with Crippen LogP contribution in [0, 0.1) is 0 Å². The molecule has 2 aliphatic heterocycles. The molecule has 2 aliphatic rings. The Morgan fingerprint density at radius 3 is 2.23 bits per heavy atom. The quantitative estimate of drug-likeness (QED) is 0.240. The fourth-order valence-corrected chi connectivity index (χ4v) is 7.17. The van der Waals surface area contributed by atoms with E-state index in [4.69, 9.17) is 18.9 Å². The van der Waals surface area contributed by atoms with Gasteiger partial charge < -0.3 is 29.2 Å². The third kappa shape index (κ3) is 7.82. The van der Waals surface area contributed by atoms with Gasteiger partial charge in [0.25, 0.3) is 5.91 Å². The van der Waals surface area contributed by atoms with Gasteiger partial charge in [-0.3, -0.25) is 14.5 Å². The number of anilines is 1. The number of fused-ring (bicyclic) bond motifs is 2. The molecule has 1 unspecified atom stereocenters. The Kier molecular flexibility index (Phi) is 9.89. The Morgan fingerprint density at radius 1 is 0.917 bits per heavy atom. The molecule has 3 heterocycles. The molecule has 2 aromatic carbocycles. The Labute approximate surface area is 285 Å². The van der Waals surface area contributed by atoms with E-state index in [1.807, 2.05) is 41.3 Å². The maximum absolute atomic E-state index is 13.8. The summed E-state index contributed by atoms with van der Waals surface area (Å²) in [6, 6.07) is 13.2. The number of methoxy groups -OCH3 is 2. The van der Waals surface area contributed by atoms with Gasteiger partial charge in [0, 0.05) is 37.1 Å². The minimum Gasteiger partial charge on any atom is -0.497 e. The Morgan fingerprint density at radius 2 is 1.60 bits per heavy atom. The van der Waals surface area contributed by atoms with Gasteiger partial charge in [-0.15, -0.1) is 11.3 Å². The minimum absolute atomic E-state index is 0.111. The van der Waals surface area contributed by atoms with Crippen molar-refractivity contribution >= 4 is 40.1 Å². The second kappa shape index (κ2) is 13.6. The number of amides is 2. The predicted octanol–water partition coefficient (Wildman–Crippen LogP) is 5.58. The van der Waals surface area contributed by atoms with Crippen LogP contribution in [0.4, 0.5) is 5.00 Å². The summed E-state index contributed by atoms with van der Waals surface area (Å²) < 4.78 is 21.9. The lowest BCUT2D eigenvalue weighted by molar-refractivity contribution is -0.161. The maximum Gasteiger partial charge on any atom is 0.397 e. The molecule has 5 rings (SSSR count). The van der Waals surface area contributed by atoms with E-state index < -0.39 is 29.0 Å². The summed E-state index contributed by atoms with van der Waals surface area (Å²) in [5.74, 6) is -1.45. The van der Waals surface area contributed by atoms with Gasteiger partial charge in [0.2, 0.25) is 0 Å². The van der Waals surface area contributed by atoms with Crippen LogP contribution >= 0.6 is 11.3 Å². The number of hydrogen-bond acceptors (Lipinski definition) is 10. The number of carbonyl (C=O) groups is 4. The van der Waals surface area contributed by atoms with Gasteiger partial charge in [-0.05, 0) is 82.9 Å². The van der Waals surface area contributed by atoms with E-state index in [-0.39, 0.29) is 22.5 Å². The van der Waals surface area contributed by atoms with E-state index in [0.29, 0.717) is 43.9 Å². The van der Waals surface area contributed by atoms with Crippen molar-refractivity contribution in [1.29, 1.82) is 0 Å². The smallest absolute Gasteiger partial charge is 0.397 e. The van der Waals surface area contributed by atoms with Crippen LogP contribution in [0.25, 0.3) is 0 Å². The van der Waals surface area contributed by atoms with Crippen molar-refractivity contribution < 1.29 is 38.1 Å². The van der Waals surface area contributed by atoms with Gasteiger partial charge in [-0.2, -0.15) is 0 Å². The number of nitrogens with one attached hydrogen (secondary N) is 1. The number of hydrogen-bond donors (Lipinski definition) is 1. The number of benzene rings is 2. The topological polar surface area (TPSA) is 124 Å². The maximum atomic E-state index is 13.8. The highest BCUT2D eigenvalue weighted by atomic mass is 32.1. The molecule has 0 bridgehead atoms. The lowest BCUT2D eigenvalue weighted by Gasteiger charge is -2.38. The monoisotopic (exact) mass is 677 g/mol. The molecule has 3 aromatic rings. The zero-order valence-corrected chi connectivity index (χ0v) is 29.5. The minimum atomic E-state index is -1.05. The number of rotatable bonds is 8. The Hall–Kier alpha value is -4.42. The van der Waals surface area contributed by atoms with Gasteiger partial charge in [0.1, 0.15) is 27.7 Å². The number of ether oxygens (including phenoxy) is 4. The molecular formula is C36H43N3O8S. The van der Waals surface area contributed by atoms with Gasteiger partial charge in [0.05, 0.1) is 25.3 Å². The summed E-state index contributed by atoms with van der Waals surface area (Å²) in [6.45, 7) is 12.1. The molecule has 1 aromatic heterocycles. The molecule has 256 valence electrons. The highest BCUT2D eigenvalue weighted by molar-refractivity contribution is 7.17. The normalized spacial score (nSPS) is 16.2. The standard InChI is InChI=1S/C36H43N3O8S/c1-35(2,3)46-33(42)29-25-16-23(19-39-18-22-10-9-11-26(45-8)28(22)32(39)41)38(17-21-12-14-24(44-7)15-13-21)20-27(25)48-31(29)37-30(40)34(43)47-36(4,5)6/h9-15,23H,16-20H2,1-8H3,(H,37,40). The predicted molar refractivity (Wildman–Crippen MR) is 181 cm³/mol. The zero-order valence-electron chi connectivity index (χ0n) is 28.7. The first-order valence-corrected chi connectivity index (χ1v) is 16.6. The second-order valence-corrected chi connectivity index (χ2v) is 15.1. The van der Waals surface area contributed by atoms with Crippen molar-refractivity contribution in [1.82, 2.24) is 9.80 Å². The number of esters is 2. The van der Waals surface area contributed by atoms with Crippen molar-refractivity contribution in [2.45, 2.75) is 84.8 Å². The molecule has 0 radical (unpaired) electrons. The summed E-state index contributed by atoms with van der Waals surface area (Å²) >= 11 is 1.24. The average molecular weight is 678 g/mol. The van der Waals surface area contributed by atoms with E-state index in [1.165, 1.54) is 11.3 Å². The third-order valence-corrected chi connectivity index (χ3v) is 9.11. The molecule has 0 spiro atoms. The third-order valence-electron chi connectivity index (χ3n) is 7.98. The van der Waals surface area contributed by atoms with Gasteiger partial charge in [0.15, 0.2) is 0 Å². The lowest BCUT2D eigenvalue weighted by atomic mass is 9.95. The lowest BCUT2D eigenvalue weighted by Crippen LogP contribution is -2.47. The number of nitrogens with zero attached hydrogens (tertiary/aromatic N) is 2. The van der Waals surface area contributed by atoms with Gasteiger partial charge in [-0.25, -0.2) is 9.59 Å². The fourth-order valence-electron chi connectivity index (χ4n) is 5.93. The molecule has 48 heavy (non-hydrogen) atoms. The van der Waals surface area contributed by atoms with E-state index in [0.717, 1.165) is 27.3 Å². The van der Waals surface area contributed by atoms with E-state index >= 15 is 0 Å². The molecule has 0 saturated heterocycles. The van der Waals surface area contributed by atoms with Crippen molar-refractivity contribution in [3.63, 3.8) is 0 Å². The largest absolute Gasteiger partial charge is 0.497 e. The van der Waals surface area contributed by atoms with Gasteiger partial charge in [-0.1, -0.05) is 24.3 Å². The first-order valence-electron chi connectivity index (χ1n) is 15.8. The Balaban J connectivity index is 1.51. The first-order chi connectivity index (χ1) is 22.6. The van der Waals surface area contributed by atoms with E-state index in [1.54, 1.807) is 61.8 Å². The van der Waals surface area contributed by atoms with Crippen LogP contribution in [0.1, 0.15) is 83.8 Å². The molecule has 11 nitrogen and oxygen atoms in total. The summed E-state index contributed by atoms with van der Waals surface area (Å²) in [4.78, 5) is 58.0.